The molecule has 0 saturated heterocycles. The summed E-state index contributed by atoms with van der Waals surface area (Å²) in [6.07, 6.45) is 0.579. The van der Waals surface area contributed by atoms with Crippen LogP contribution in [0.4, 0.5) is 18.9 Å². The minimum absolute atomic E-state index is 0.157. The molecule has 0 spiro atoms. The fourth-order valence-electron chi connectivity index (χ4n) is 3.17. The monoisotopic (exact) mass is 478 g/mol. The second-order valence-corrected chi connectivity index (χ2v) is 8.68. The molecule has 30 heavy (non-hydrogen) atoms. The molecule has 0 heterocycles. The second kappa shape index (κ2) is 8.65. The third-order valence-corrected chi connectivity index (χ3v) is 5.98. The smallest absolute Gasteiger partial charge is 0.257 e. The largest absolute Gasteiger partial charge is 0.352 e. The minimum Gasteiger partial charge on any atom is -0.352 e. The van der Waals surface area contributed by atoms with E-state index >= 15 is 0 Å². The highest BCUT2D eigenvalue weighted by Gasteiger charge is 2.67. The standard InChI is InChI=1S/C20H16Cl3F3N2O2/c1-2-7-27-18(29)14-12(25)5-6-13(17(14)26)28-19(30)16-15(20(16,22)23)9-3-4-11(24)10(21)8-9/h3-6,8,15-16H,2,7H2,1H3,(H,27,29)(H,28,30)/t15-,16+/m0/s1. The van der Waals surface area contributed by atoms with E-state index in [-0.39, 0.29) is 11.6 Å². The van der Waals surface area contributed by atoms with E-state index in [2.05, 4.69) is 10.6 Å². The Labute approximate surface area is 185 Å². The SMILES string of the molecule is CCCNC(=O)c1c(F)ccc(NC(=O)[C@H]2[C@H](c3ccc(F)c(Cl)c3)C2(Cl)Cl)c1F. The van der Waals surface area contributed by atoms with Gasteiger partial charge >= 0.3 is 0 Å². The highest BCUT2D eigenvalue weighted by molar-refractivity contribution is 6.53. The summed E-state index contributed by atoms with van der Waals surface area (Å²) >= 11 is 18.2. The first-order valence-corrected chi connectivity index (χ1v) is 10.1. The van der Waals surface area contributed by atoms with Crippen molar-refractivity contribution in [3.63, 3.8) is 0 Å². The van der Waals surface area contributed by atoms with E-state index in [4.69, 9.17) is 34.8 Å². The quantitative estimate of drug-likeness (QED) is 0.543. The van der Waals surface area contributed by atoms with Gasteiger partial charge in [0.1, 0.15) is 21.5 Å². The lowest BCUT2D eigenvalue weighted by Crippen LogP contribution is -2.27. The first kappa shape index (κ1) is 22.7. The molecule has 2 N–H and O–H groups in total. The molecule has 1 aliphatic carbocycles. The number of nitrogens with one attached hydrogen (secondary N) is 2. The van der Waals surface area contributed by atoms with E-state index in [0.29, 0.717) is 12.0 Å². The number of hydrogen-bond acceptors (Lipinski definition) is 2. The van der Waals surface area contributed by atoms with Gasteiger partial charge in [-0.2, -0.15) is 0 Å². The lowest BCUT2D eigenvalue weighted by Gasteiger charge is -2.11. The maximum Gasteiger partial charge on any atom is 0.257 e. The van der Waals surface area contributed by atoms with Gasteiger partial charge in [-0.3, -0.25) is 9.59 Å². The molecule has 2 aromatic carbocycles. The summed E-state index contributed by atoms with van der Waals surface area (Å²) in [6.45, 7) is 2.02. The summed E-state index contributed by atoms with van der Waals surface area (Å²) < 4.78 is 40.6. The van der Waals surface area contributed by atoms with Gasteiger partial charge in [-0.15, -0.1) is 23.2 Å². The van der Waals surface area contributed by atoms with Crippen molar-refractivity contribution >= 4 is 52.3 Å². The Hall–Kier alpha value is -1.96. The molecule has 0 aliphatic heterocycles. The van der Waals surface area contributed by atoms with Crippen LogP contribution in [0, 0.1) is 23.4 Å². The molecule has 1 saturated carbocycles. The van der Waals surface area contributed by atoms with E-state index in [9.17, 15) is 22.8 Å². The summed E-state index contributed by atoms with van der Waals surface area (Å²) in [6, 6.07) is 5.69. The average Bonchev–Trinajstić information content (AvgIpc) is 3.26. The van der Waals surface area contributed by atoms with E-state index in [1.165, 1.54) is 12.1 Å². The molecule has 10 heteroatoms. The Morgan fingerprint density at radius 2 is 1.77 bits per heavy atom. The van der Waals surface area contributed by atoms with E-state index in [0.717, 1.165) is 18.2 Å². The topological polar surface area (TPSA) is 58.2 Å². The second-order valence-electron chi connectivity index (χ2n) is 6.83. The number of hydrogen-bond donors (Lipinski definition) is 2. The van der Waals surface area contributed by atoms with Crippen LogP contribution in [0.15, 0.2) is 30.3 Å². The van der Waals surface area contributed by atoms with Crippen LogP contribution in [-0.2, 0) is 4.79 Å². The fraction of sp³-hybridized carbons (Fsp3) is 0.300. The van der Waals surface area contributed by atoms with Crippen molar-refractivity contribution in [2.45, 2.75) is 23.6 Å². The molecule has 0 radical (unpaired) electrons. The number of halogens is 6. The van der Waals surface area contributed by atoms with Gasteiger partial charge in [0, 0.05) is 12.5 Å². The van der Waals surface area contributed by atoms with E-state index in [1.807, 2.05) is 0 Å². The first-order chi connectivity index (χ1) is 14.1. The molecule has 0 unspecified atom stereocenters. The molecule has 0 aromatic heterocycles. The average molecular weight is 480 g/mol. The van der Waals surface area contributed by atoms with Crippen molar-refractivity contribution in [3.8, 4) is 0 Å². The van der Waals surface area contributed by atoms with E-state index < -0.39 is 56.7 Å². The molecule has 160 valence electrons. The number of carbonyl (C=O) groups is 2. The van der Waals surface area contributed by atoms with Crippen LogP contribution in [0.2, 0.25) is 5.02 Å². The zero-order chi connectivity index (χ0) is 22.2. The highest BCUT2D eigenvalue weighted by atomic mass is 35.5. The van der Waals surface area contributed by atoms with Crippen molar-refractivity contribution in [2.75, 3.05) is 11.9 Å². The lowest BCUT2D eigenvalue weighted by atomic mass is 10.1. The van der Waals surface area contributed by atoms with Gasteiger partial charge in [-0.1, -0.05) is 24.6 Å². The molecule has 2 aromatic rings. The van der Waals surface area contributed by atoms with Crippen molar-refractivity contribution in [2.24, 2.45) is 5.92 Å². The summed E-state index contributed by atoms with van der Waals surface area (Å²) in [7, 11) is 0. The zero-order valence-electron chi connectivity index (χ0n) is 15.5. The zero-order valence-corrected chi connectivity index (χ0v) is 17.8. The van der Waals surface area contributed by atoms with Crippen LogP contribution in [-0.4, -0.2) is 22.7 Å². The summed E-state index contributed by atoms with van der Waals surface area (Å²) in [5.41, 5.74) is -0.761. The van der Waals surface area contributed by atoms with Crippen molar-refractivity contribution in [1.82, 2.24) is 5.32 Å². The van der Waals surface area contributed by atoms with Gasteiger partial charge in [0.05, 0.1) is 16.6 Å². The minimum atomic E-state index is -1.52. The number of alkyl halides is 2. The van der Waals surface area contributed by atoms with Gasteiger partial charge < -0.3 is 10.6 Å². The molecule has 2 atom stereocenters. The Morgan fingerprint density at radius 3 is 2.40 bits per heavy atom. The molecule has 3 rings (SSSR count). The van der Waals surface area contributed by atoms with Crippen LogP contribution in [0.5, 0.6) is 0 Å². The Balaban J connectivity index is 1.82. The third kappa shape index (κ3) is 4.24. The predicted molar refractivity (Wildman–Crippen MR) is 110 cm³/mol. The highest BCUT2D eigenvalue weighted by Crippen LogP contribution is 2.65. The van der Waals surface area contributed by atoms with Crippen LogP contribution >= 0.6 is 34.8 Å². The van der Waals surface area contributed by atoms with Crippen molar-refractivity contribution in [1.29, 1.82) is 0 Å². The van der Waals surface area contributed by atoms with Gasteiger partial charge in [0.15, 0.2) is 5.82 Å². The molecular formula is C20H16Cl3F3N2O2. The molecule has 0 bridgehead atoms. The third-order valence-electron chi connectivity index (χ3n) is 4.75. The van der Waals surface area contributed by atoms with Gasteiger partial charge in [-0.25, -0.2) is 13.2 Å². The van der Waals surface area contributed by atoms with Crippen molar-refractivity contribution in [3.05, 3.63) is 63.9 Å². The molecule has 4 nitrogen and oxygen atoms in total. The lowest BCUT2D eigenvalue weighted by molar-refractivity contribution is -0.117. The van der Waals surface area contributed by atoms with Crippen LogP contribution in [0.3, 0.4) is 0 Å². The molecular weight excluding hydrogens is 464 g/mol. The van der Waals surface area contributed by atoms with Gasteiger partial charge in [0.25, 0.3) is 5.91 Å². The predicted octanol–water partition coefficient (Wildman–Crippen LogP) is 5.42. The summed E-state index contributed by atoms with van der Waals surface area (Å²) in [5.74, 6) is -6.30. The summed E-state index contributed by atoms with van der Waals surface area (Å²) in [5, 5.41) is 4.52. The molecule has 1 fully saturated rings. The van der Waals surface area contributed by atoms with Crippen LogP contribution in [0.25, 0.3) is 0 Å². The Morgan fingerprint density at radius 1 is 1.10 bits per heavy atom. The fourth-order valence-corrected chi connectivity index (χ4v) is 4.19. The van der Waals surface area contributed by atoms with Gasteiger partial charge in [-0.05, 0) is 36.2 Å². The van der Waals surface area contributed by atoms with Gasteiger partial charge in [0.2, 0.25) is 5.91 Å². The number of amides is 2. The maximum absolute atomic E-state index is 14.7. The Bertz CT molecular complexity index is 1020. The summed E-state index contributed by atoms with van der Waals surface area (Å²) in [4.78, 5) is 24.7. The first-order valence-electron chi connectivity index (χ1n) is 8.99. The number of anilines is 1. The Kier molecular flexibility index (Phi) is 6.55. The number of carbonyl (C=O) groups excluding carboxylic acids is 2. The molecule has 1 aliphatic rings. The number of benzene rings is 2. The van der Waals surface area contributed by atoms with Crippen LogP contribution < -0.4 is 10.6 Å². The van der Waals surface area contributed by atoms with Crippen molar-refractivity contribution < 1.29 is 22.8 Å². The molecule has 2 amide bonds. The normalized spacial score (nSPS) is 19.3. The van der Waals surface area contributed by atoms with Crippen LogP contribution in [0.1, 0.15) is 35.2 Å². The maximum atomic E-state index is 14.7. The number of rotatable bonds is 6. The van der Waals surface area contributed by atoms with E-state index in [1.54, 1.807) is 6.92 Å².